The topological polar surface area (TPSA) is 62.6 Å². The number of aryl methyl sites for hydroxylation is 1. The normalized spacial score (nSPS) is 10.4. The SMILES string of the molecule is CCn1c(=S)[nH]c2cc3c(N(C)c4ccncc4)ncnc3cc21.Cl.Cl. The molecule has 4 rings (SSSR count). The molecule has 6 nitrogen and oxygen atoms in total. The van der Waals surface area contributed by atoms with Gasteiger partial charge in [0.1, 0.15) is 12.1 Å². The molecule has 0 amide bonds. The summed E-state index contributed by atoms with van der Waals surface area (Å²) in [6, 6.07) is 8.03. The number of nitrogens with one attached hydrogen (secondary N) is 1. The van der Waals surface area contributed by atoms with Crippen LogP contribution in [0.4, 0.5) is 11.5 Å². The molecule has 4 aromatic rings. The van der Waals surface area contributed by atoms with Gasteiger partial charge in [0, 0.05) is 37.1 Å². The van der Waals surface area contributed by atoms with Crippen LogP contribution in [0.1, 0.15) is 6.92 Å². The van der Waals surface area contributed by atoms with Gasteiger partial charge in [-0.2, -0.15) is 0 Å². The van der Waals surface area contributed by atoms with Gasteiger partial charge in [-0.05, 0) is 43.4 Å². The molecule has 0 unspecified atom stereocenters. The summed E-state index contributed by atoms with van der Waals surface area (Å²) < 4.78 is 2.79. The van der Waals surface area contributed by atoms with E-state index in [1.54, 1.807) is 18.7 Å². The average molecular weight is 409 g/mol. The van der Waals surface area contributed by atoms with E-state index in [0.29, 0.717) is 0 Å². The molecule has 9 heteroatoms. The third-order valence-electron chi connectivity index (χ3n) is 4.19. The van der Waals surface area contributed by atoms with Crippen molar-refractivity contribution >= 4 is 70.5 Å². The van der Waals surface area contributed by atoms with Crippen molar-refractivity contribution in [2.45, 2.75) is 13.5 Å². The minimum atomic E-state index is 0. The molecule has 0 aliphatic heterocycles. The molecular weight excluding hydrogens is 391 g/mol. The van der Waals surface area contributed by atoms with Gasteiger partial charge in [0.15, 0.2) is 4.77 Å². The molecule has 0 saturated carbocycles. The largest absolute Gasteiger partial charge is 0.331 e. The molecule has 0 bridgehead atoms. The van der Waals surface area contributed by atoms with Crippen LogP contribution in [0.15, 0.2) is 43.0 Å². The number of H-pyrrole nitrogens is 1. The first kappa shape index (κ1) is 20.1. The van der Waals surface area contributed by atoms with Crippen molar-refractivity contribution in [3.63, 3.8) is 0 Å². The molecule has 3 aromatic heterocycles. The Morgan fingerprint density at radius 1 is 1.15 bits per heavy atom. The number of anilines is 2. The third kappa shape index (κ3) is 3.25. The molecule has 0 spiro atoms. The zero-order valence-electron chi connectivity index (χ0n) is 14.2. The number of hydrogen-bond acceptors (Lipinski definition) is 5. The van der Waals surface area contributed by atoms with Gasteiger partial charge in [-0.1, -0.05) is 0 Å². The highest BCUT2D eigenvalue weighted by atomic mass is 35.5. The first-order valence-corrected chi connectivity index (χ1v) is 8.11. The van der Waals surface area contributed by atoms with Crippen LogP contribution in [-0.2, 0) is 6.54 Å². The van der Waals surface area contributed by atoms with E-state index in [1.807, 2.05) is 24.1 Å². The maximum atomic E-state index is 5.41. The standard InChI is InChI=1S/C17H16N6S.2ClH/c1-3-23-15-9-13-12(8-14(15)21-17(23)24)16(20-10-19-13)22(2)11-4-6-18-7-5-11;;/h4-10H,3H2,1-2H3,(H,21,24);2*1H. The molecular formula is C17H18Cl2N6S. The summed E-state index contributed by atoms with van der Waals surface area (Å²) in [4.78, 5) is 18.3. The Hall–Kier alpha value is -2.22. The summed E-state index contributed by atoms with van der Waals surface area (Å²) >= 11 is 5.41. The number of benzene rings is 1. The van der Waals surface area contributed by atoms with Crippen molar-refractivity contribution in [3.05, 3.63) is 47.8 Å². The molecule has 0 aliphatic rings. The Bertz CT molecular complexity index is 1090. The van der Waals surface area contributed by atoms with Crippen LogP contribution in [0.2, 0.25) is 0 Å². The zero-order valence-corrected chi connectivity index (χ0v) is 16.7. The second-order valence-corrected chi connectivity index (χ2v) is 5.91. The molecule has 3 heterocycles. The van der Waals surface area contributed by atoms with Gasteiger partial charge in [0.2, 0.25) is 0 Å². The molecule has 0 saturated heterocycles. The van der Waals surface area contributed by atoms with Gasteiger partial charge in [0.05, 0.1) is 16.6 Å². The van der Waals surface area contributed by atoms with E-state index < -0.39 is 0 Å². The second kappa shape index (κ2) is 7.99. The summed E-state index contributed by atoms with van der Waals surface area (Å²) in [5, 5.41) is 0.976. The highest BCUT2D eigenvalue weighted by molar-refractivity contribution is 7.71. The van der Waals surface area contributed by atoms with Crippen LogP contribution in [0, 0.1) is 4.77 Å². The Morgan fingerprint density at radius 3 is 2.58 bits per heavy atom. The molecule has 0 aliphatic carbocycles. The van der Waals surface area contributed by atoms with Gasteiger partial charge >= 0.3 is 0 Å². The molecule has 26 heavy (non-hydrogen) atoms. The fourth-order valence-corrected chi connectivity index (χ4v) is 3.30. The van der Waals surface area contributed by atoms with Crippen molar-refractivity contribution in [1.29, 1.82) is 0 Å². The van der Waals surface area contributed by atoms with Gasteiger partial charge < -0.3 is 14.5 Å². The van der Waals surface area contributed by atoms with Crippen molar-refractivity contribution in [1.82, 2.24) is 24.5 Å². The minimum Gasteiger partial charge on any atom is -0.331 e. The molecule has 136 valence electrons. The lowest BCUT2D eigenvalue weighted by atomic mass is 10.2. The average Bonchev–Trinajstić information content (AvgIpc) is 2.93. The van der Waals surface area contributed by atoms with E-state index >= 15 is 0 Å². The molecule has 0 atom stereocenters. The quantitative estimate of drug-likeness (QED) is 0.499. The highest BCUT2D eigenvalue weighted by Crippen LogP contribution is 2.30. The number of nitrogens with zero attached hydrogens (tertiary/aromatic N) is 5. The van der Waals surface area contributed by atoms with E-state index in [2.05, 4.69) is 43.6 Å². The number of halogens is 2. The second-order valence-electron chi connectivity index (χ2n) is 5.52. The zero-order chi connectivity index (χ0) is 16.7. The van der Waals surface area contributed by atoms with Crippen LogP contribution in [0.5, 0.6) is 0 Å². The van der Waals surface area contributed by atoms with Gasteiger partial charge in [-0.25, -0.2) is 9.97 Å². The predicted molar refractivity (Wildman–Crippen MR) is 113 cm³/mol. The Balaban J connectivity index is 0.00000121. The number of aromatic nitrogens is 5. The summed E-state index contributed by atoms with van der Waals surface area (Å²) in [6.45, 7) is 2.90. The lowest BCUT2D eigenvalue weighted by Gasteiger charge is -2.19. The van der Waals surface area contributed by atoms with Crippen molar-refractivity contribution in [2.75, 3.05) is 11.9 Å². The fourth-order valence-electron chi connectivity index (χ4n) is 2.97. The Labute approximate surface area is 168 Å². The Morgan fingerprint density at radius 2 is 1.88 bits per heavy atom. The lowest BCUT2D eigenvalue weighted by molar-refractivity contribution is 0.774. The molecule has 0 radical (unpaired) electrons. The van der Waals surface area contributed by atoms with Gasteiger partial charge in [-0.3, -0.25) is 4.98 Å². The molecule has 0 fully saturated rings. The lowest BCUT2D eigenvalue weighted by Crippen LogP contribution is -2.12. The van der Waals surface area contributed by atoms with Crippen LogP contribution < -0.4 is 4.90 Å². The van der Waals surface area contributed by atoms with Crippen molar-refractivity contribution < 1.29 is 0 Å². The summed E-state index contributed by atoms with van der Waals surface area (Å²) in [5.74, 6) is 0.844. The molecule has 1 aromatic carbocycles. The fraction of sp³-hybridized carbons (Fsp3) is 0.176. The summed E-state index contributed by atoms with van der Waals surface area (Å²) in [6.07, 6.45) is 5.14. The van der Waals surface area contributed by atoms with Gasteiger partial charge in [-0.15, -0.1) is 24.8 Å². The van der Waals surface area contributed by atoms with E-state index in [1.165, 1.54) is 0 Å². The minimum absolute atomic E-state index is 0. The number of pyridine rings is 1. The number of rotatable bonds is 3. The first-order chi connectivity index (χ1) is 11.7. The summed E-state index contributed by atoms with van der Waals surface area (Å²) in [5.41, 5.74) is 3.97. The first-order valence-electron chi connectivity index (χ1n) is 7.70. The highest BCUT2D eigenvalue weighted by Gasteiger charge is 2.13. The maximum absolute atomic E-state index is 5.41. The van der Waals surface area contributed by atoms with E-state index in [9.17, 15) is 0 Å². The van der Waals surface area contributed by atoms with E-state index in [-0.39, 0.29) is 24.8 Å². The van der Waals surface area contributed by atoms with Crippen molar-refractivity contribution in [3.8, 4) is 0 Å². The monoisotopic (exact) mass is 408 g/mol. The number of fused-ring (bicyclic) bond motifs is 2. The number of aromatic amines is 1. The summed E-state index contributed by atoms with van der Waals surface area (Å²) in [7, 11) is 1.99. The number of imidazole rings is 1. The van der Waals surface area contributed by atoms with Crippen LogP contribution in [0.3, 0.4) is 0 Å². The third-order valence-corrected chi connectivity index (χ3v) is 4.52. The van der Waals surface area contributed by atoms with Crippen LogP contribution in [-0.4, -0.2) is 31.6 Å². The Kier molecular flexibility index (Phi) is 6.17. The van der Waals surface area contributed by atoms with E-state index in [4.69, 9.17) is 12.2 Å². The van der Waals surface area contributed by atoms with Crippen molar-refractivity contribution in [2.24, 2.45) is 0 Å². The van der Waals surface area contributed by atoms with Gasteiger partial charge in [0.25, 0.3) is 0 Å². The van der Waals surface area contributed by atoms with E-state index in [0.717, 1.165) is 44.8 Å². The number of hydrogen-bond donors (Lipinski definition) is 1. The van der Waals surface area contributed by atoms with Crippen LogP contribution in [0.25, 0.3) is 21.9 Å². The van der Waals surface area contributed by atoms with Crippen LogP contribution >= 0.6 is 37.0 Å². The smallest absolute Gasteiger partial charge is 0.178 e. The maximum Gasteiger partial charge on any atom is 0.178 e. The predicted octanol–water partition coefficient (Wildman–Crippen LogP) is 4.67. The molecule has 1 N–H and O–H groups in total.